The molecule has 0 aromatic heterocycles. The van der Waals surface area contributed by atoms with Crippen molar-refractivity contribution in [1.29, 1.82) is 0 Å². The Morgan fingerprint density at radius 1 is 0.941 bits per heavy atom. The molecule has 0 saturated heterocycles. The van der Waals surface area contributed by atoms with Crippen molar-refractivity contribution in [1.82, 2.24) is 0 Å². The van der Waals surface area contributed by atoms with E-state index in [1.54, 1.807) is 0 Å². The zero-order valence-electron chi connectivity index (χ0n) is 8.06. The van der Waals surface area contributed by atoms with Gasteiger partial charge in [-0.05, 0) is 0 Å². The molecule has 84 valence electrons. The molecule has 0 radical (unpaired) electrons. The Bertz CT molecular complexity index is 481. The molecule has 1 rings (SSSR count). The fraction of sp³-hybridized carbons (Fsp3) is 0. The van der Waals surface area contributed by atoms with Crippen LogP contribution in [0.15, 0.2) is 12.1 Å². The molecule has 0 saturated carbocycles. The zero-order chi connectivity index (χ0) is 13.2. The number of nitrogens with zero attached hydrogens (tertiary/aromatic N) is 3. The van der Waals surface area contributed by atoms with Crippen molar-refractivity contribution in [3.63, 3.8) is 0 Å². The molecular weight excluding hydrogens is 427 g/mol. The molecule has 0 aliphatic heterocycles. The zero-order valence-corrected chi connectivity index (χ0v) is 13.6. The standard InChI is InChI=1S/C6H3N3O7.Hg/c10-6-4(8(13)14)1-3(7(11)12)2-5(6)9(15)16;/h1-2,10H;/q;+2/p-1. The molecule has 0 atom stereocenters. The van der Waals surface area contributed by atoms with Crippen LogP contribution in [0, 0.1) is 30.3 Å². The quantitative estimate of drug-likeness (QED) is 0.399. The second kappa shape index (κ2) is 4.99. The summed E-state index contributed by atoms with van der Waals surface area (Å²) in [7, 11) is 0. The van der Waals surface area contributed by atoms with Crippen LogP contribution < -0.4 is 2.64 Å². The summed E-state index contributed by atoms with van der Waals surface area (Å²) in [5, 5.41) is 31.7. The Morgan fingerprint density at radius 2 is 1.35 bits per heavy atom. The number of nitro benzene ring substituents is 3. The van der Waals surface area contributed by atoms with Gasteiger partial charge in [0.2, 0.25) is 0 Å². The Labute approximate surface area is 109 Å². The fourth-order valence-corrected chi connectivity index (χ4v) is 2.26. The van der Waals surface area contributed by atoms with Crippen LogP contribution in [0.5, 0.6) is 5.75 Å². The van der Waals surface area contributed by atoms with Gasteiger partial charge in [0.05, 0.1) is 0 Å². The summed E-state index contributed by atoms with van der Waals surface area (Å²) in [4.78, 5) is 28.9. The molecule has 0 unspecified atom stereocenters. The number of nitro groups is 3. The molecule has 0 amide bonds. The van der Waals surface area contributed by atoms with Gasteiger partial charge < -0.3 is 0 Å². The topological polar surface area (TPSA) is 139 Å². The number of hydrogen-bond donors (Lipinski definition) is 0. The Balaban J connectivity index is 3.63. The van der Waals surface area contributed by atoms with Crippen LogP contribution in [0.3, 0.4) is 0 Å². The van der Waals surface area contributed by atoms with Gasteiger partial charge in [0.15, 0.2) is 0 Å². The third-order valence-corrected chi connectivity index (χ3v) is 2.91. The van der Waals surface area contributed by atoms with Crippen LogP contribution in [-0.4, -0.2) is 14.8 Å². The van der Waals surface area contributed by atoms with E-state index in [4.69, 9.17) is 2.64 Å². The third kappa shape index (κ3) is 2.64. The number of non-ortho nitro benzene ring substituents is 1. The Morgan fingerprint density at radius 3 is 1.59 bits per heavy atom. The molecule has 0 aliphatic carbocycles. The van der Waals surface area contributed by atoms with Gasteiger partial charge in [0, 0.05) is 0 Å². The van der Waals surface area contributed by atoms with E-state index in [1.165, 1.54) is 0 Å². The van der Waals surface area contributed by atoms with Gasteiger partial charge in [0.25, 0.3) is 0 Å². The minimum absolute atomic E-state index is 0.427. The first-order valence-electron chi connectivity index (χ1n) is 3.91. The maximum absolute atomic E-state index is 10.6. The number of hydrogen-bond acceptors (Lipinski definition) is 7. The van der Waals surface area contributed by atoms with Gasteiger partial charge in [-0.1, -0.05) is 0 Å². The maximum atomic E-state index is 10.6. The van der Waals surface area contributed by atoms with Crippen LogP contribution in [-0.2, 0) is 26.6 Å². The summed E-state index contributed by atoms with van der Waals surface area (Å²) in [5.74, 6) is -0.533. The Hall–Kier alpha value is -1.84. The van der Waals surface area contributed by atoms with Crippen molar-refractivity contribution in [2.24, 2.45) is 0 Å². The Kier molecular flexibility index (Phi) is 3.88. The van der Waals surface area contributed by atoms with Crippen LogP contribution in [0.4, 0.5) is 17.1 Å². The molecule has 11 heteroatoms. The average molecular weight is 429 g/mol. The molecule has 1 aromatic rings. The first-order valence-corrected chi connectivity index (χ1v) is 6.16. The molecule has 0 fully saturated rings. The van der Waals surface area contributed by atoms with E-state index in [9.17, 15) is 30.3 Å². The van der Waals surface area contributed by atoms with Crippen LogP contribution >= 0.6 is 0 Å². The van der Waals surface area contributed by atoms with Crippen LogP contribution in [0.25, 0.3) is 0 Å². The number of rotatable bonds is 4. The molecule has 10 nitrogen and oxygen atoms in total. The summed E-state index contributed by atoms with van der Waals surface area (Å²) in [6.07, 6.45) is 0. The van der Waals surface area contributed by atoms with Crippen molar-refractivity contribution in [3.05, 3.63) is 42.5 Å². The van der Waals surface area contributed by atoms with Gasteiger partial charge >= 0.3 is 109 Å². The van der Waals surface area contributed by atoms with Crippen molar-refractivity contribution in [3.8, 4) is 5.75 Å². The minimum atomic E-state index is -0.956. The van der Waals surface area contributed by atoms with Crippen molar-refractivity contribution < 1.29 is 44.0 Å². The molecule has 0 spiro atoms. The molecular formula is C6H2HgN3O7+. The monoisotopic (exact) mass is 430 g/mol. The molecule has 0 aliphatic rings. The van der Waals surface area contributed by atoms with Crippen LogP contribution in [0.1, 0.15) is 0 Å². The van der Waals surface area contributed by atoms with Crippen molar-refractivity contribution >= 4 is 17.1 Å². The third-order valence-electron chi connectivity index (χ3n) is 1.78. The van der Waals surface area contributed by atoms with Gasteiger partial charge in [-0.25, -0.2) is 0 Å². The van der Waals surface area contributed by atoms with Crippen molar-refractivity contribution in [2.75, 3.05) is 0 Å². The molecule has 0 N–H and O–H groups in total. The predicted octanol–water partition coefficient (Wildman–Crippen LogP) is 1.25. The van der Waals surface area contributed by atoms with Gasteiger partial charge in [-0.3, -0.25) is 0 Å². The summed E-state index contributed by atoms with van der Waals surface area (Å²) >= 11 is -0.427. The SMILES string of the molecule is O=[N+]([O-])c1cc([N+](=O)[O-])c([O][Hg+])c([N+](=O)[O-])c1. The molecule has 0 heterocycles. The van der Waals surface area contributed by atoms with E-state index in [2.05, 4.69) is 0 Å². The number of benzene rings is 1. The second-order valence-electron chi connectivity index (χ2n) is 2.73. The summed E-state index contributed by atoms with van der Waals surface area (Å²) in [6, 6.07) is 1.27. The van der Waals surface area contributed by atoms with E-state index in [-0.39, 0.29) is 0 Å². The molecule has 17 heavy (non-hydrogen) atoms. The van der Waals surface area contributed by atoms with Crippen molar-refractivity contribution in [2.45, 2.75) is 0 Å². The molecule has 0 bridgehead atoms. The average Bonchev–Trinajstić information content (AvgIpc) is 2.26. The van der Waals surface area contributed by atoms with Crippen LogP contribution in [0.2, 0.25) is 0 Å². The first-order chi connectivity index (χ1) is 7.88. The van der Waals surface area contributed by atoms with E-state index in [0.717, 1.165) is 0 Å². The first kappa shape index (κ1) is 13.2. The second-order valence-corrected chi connectivity index (χ2v) is 3.85. The van der Waals surface area contributed by atoms with Gasteiger partial charge in [-0.2, -0.15) is 0 Å². The van der Waals surface area contributed by atoms with E-state index in [0.29, 0.717) is 12.1 Å². The molecule has 1 aromatic carbocycles. The fourth-order valence-electron chi connectivity index (χ4n) is 1.11. The summed E-state index contributed by atoms with van der Waals surface area (Å²) < 4.78 is 4.72. The van der Waals surface area contributed by atoms with Gasteiger partial charge in [-0.15, -0.1) is 0 Å². The van der Waals surface area contributed by atoms with E-state index in [1.807, 2.05) is 0 Å². The van der Waals surface area contributed by atoms with E-state index < -0.39 is 64.2 Å². The van der Waals surface area contributed by atoms with E-state index >= 15 is 0 Å². The van der Waals surface area contributed by atoms with Gasteiger partial charge in [0.1, 0.15) is 0 Å². The predicted molar refractivity (Wildman–Crippen MR) is 47.0 cm³/mol. The summed E-state index contributed by atoms with van der Waals surface area (Å²) in [5.41, 5.74) is -2.28. The summed E-state index contributed by atoms with van der Waals surface area (Å²) in [6.45, 7) is 0. The normalized spacial score (nSPS) is 9.76.